The summed E-state index contributed by atoms with van der Waals surface area (Å²) in [5.74, 6) is 0.623. The zero-order valence-corrected chi connectivity index (χ0v) is 8.90. The van der Waals surface area contributed by atoms with Gasteiger partial charge in [-0.1, -0.05) is 6.07 Å². The lowest BCUT2D eigenvalue weighted by molar-refractivity contribution is 0.193. The number of aliphatic hydroxyl groups excluding tert-OH is 1. The number of aromatic nitrogens is 1. The van der Waals surface area contributed by atoms with Crippen molar-refractivity contribution in [3.63, 3.8) is 0 Å². The standard InChI is InChI=1S/C11H17NO2/c1-8(2)14-11-6-4-5-10(12-11)7-9(3)13/h4-6,8-9,13H,7H2,1-3H3. The first kappa shape index (κ1) is 11.0. The molecule has 0 radical (unpaired) electrons. The number of aliphatic hydroxyl groups is 1. The third kappa shape index (κ3) is 3.75. The number of hydrogen-bond donors (Lipinski definition) is 1. The normalized spacial score (nSPS) is 12.9. The van der Waals surface area contributed by atoms with Crippen LogP contribution in [0.25, 0.3) is 0 Å². The molecule has 0 aliphatic carbocycles. The molecule has 0 saturated heterocycles. The molecule has 0 aromatic carbocycles. The van der Waals surface area contributed by atoms with E-state index in [1.165, 1.54) is 0 Å². The lowest BCUT2D eigenvalue weighted by atomic mass is 10.2. The van der Waals surface area contributed by atoms with E-state index in [1.807, 2.05) is 32.0 Å². The van der Waals surface area contributed by atoms with Crippen LogP contribution in [0.4, 0.5) is 0 Å². The van der Waals surface area contributed by atoms with Crippen molar-refractivity contribution in [1.29, 1.82) is 0 Å². The SMILES string of the molecule is CC(O)Cc1cccc(OC(C)C)n1. The van der Waals surface area contributed by atoms with Crippen LogP contribution in [0.2, 0.25) is 0 Å². The Morgan fingerprint density at radius 3 is 2.64 bits per heavy atom. The number of ether oxygens (including phenoxy) is 1. The van der Waals surface area contributed by atoms with Gasteiger partial charge in [-0.25, -0.2) is 4.98 Å². The Kier molecular flexibility index (Phi) is 3.89. The first-order valence-corrected chi connectivity index (χ1v) is 4.88. The highest BCUT2D eigenvalue weighted by Crippen LogP contribution is 2.10. The summed E-state index contributed by atoms with van der Waals surface area (Å²) < 4.78 is 5.44. The van der Waals surface area contributed by atoms with Gasteiger partial charge in [0.2, 0.25) is 5.88 Å². The summed E-state index contributed by atoms with van der Waals surface area (Å²) in [4.78, 5) is 4.27. The van der Waals surface area contributed by atoms with Gasteiger partial charge < -0.3 is 9.84 Å². The summed E-state index contributed by atoms with van der Waals surface area (Å²) in [6, 6.07) is 5.61. The molecular weight excluding hydrogens is 178 g/mol. The van der Waals surface area contributed by atoms with Gasteiger partial charge in [0.25, 0.3) is 0 Å². The highest BCUT2D eigenvalue weighted by Gasteiger charge is 2.03. The maximum absolute atomic E-state index is 9.20. The molecule has 1 heterocycles. The van der Waals surface area contributed by atoms with Crippen LogP contribution >= 0.6 is 0 Å². The molecule has 3 heteroatoms. The topological polar surface area (TPSA) is 42.4 Å². The molecule has 0 saturated carbocycles. The predicted octanol–water partition coefficient (Wildman–Crippen LogP) is 1.79. The number of hydrogen-bond acceptors (Lipinski definition) is 3. The zero-order valence-electron chi connectivity index (χ0n) is 8.90. The van der Waals surface area contributed by atoms with Gasteiger partial charge in [0.05, 0.1) is 12.2 Å². The van der Waals surface area contributed by atoms with Gasteiger partial charge in [0.1, 0.15) is 0 Å². The summed E-state index contributed by atoms with van der Waals surface area (Å²) in [5.41, 5.74) is 0.859. The van der Waals surface area contributed by atoms with Crippen molar-refractivity contribution in [2.75, 3.05) is 0 Å². The minimum absolute atomic E-state index is 0.129. The average molecular weight is 195 g/mol. The Balaban J connectivity index is 2.68. The molecule has 0 aliphatic heterocycles. The third-order valence-corrected chi connectivity index (χ3v) is 1.64. The Hall–Kier alpha value is -1.09. The van der Waals surface area contributed by atoms with E-state index < -0.39 is 0 Å². The Bertz CT molecular complexity index is 259. The molecule has 0 spiro atoms. The maximum Gasteiger partial charge on any atom is 0.213 e. The van der Waals surface area contributed by atoms with Crippen molar-refractivity contribution in [3.8, 4) is 5.88 Å². The van der Waals surface area contributed by atoms with Gasteiger partial charge >= 0.3 is 0 Å². The molecule has 78 valence electrons. The fourth-order valence-corrected chi connectivity index (χ4v) is 1.18. The van der Waals surface area contributed by atoms with Crippen LogP contribution in [0.1, 0.15) is 26.5 Å². The summed E-state index contributed by atoms with van der Waals surface area (Å²) in [5, 5.41) is 9.20. The van der Waals surface area contributed by atoms with Crippen LogP contribution in [-0.2, 0) is 6.42 Å². The highest BCUT2D eigenvalue weighted by atomic mass is 16.5. The Morgan fingerprint density at radius 2 is 2.07 bits per heavy atom. The second-order valence-corrected chi connectivity index (χ2v) is 3.69. The highest BCUT2D eigenvalue weighted by molar-refractivity contribution is 5.16. The van der Waals surface area contributed by atoms with E-state index in [-0.39, 0.29) is 12.2 Å². The molecule has 3 nitrogen and oxygen atoms in total. The van der Waals surface area contributed by atoms with E-state index >= 15 is 0 Å². The molecule has 1 aromatic rings. The molecule has 0 bridgehead atoms. The second-order valence-electron chi connectivity index (χ2n) is 3.69. The quantitative estimate of drug-likeness (QED) is 0.796. The van der Waals surface area contributed by atoms with Crippen molar-refractivity contribution in [2.45, 2.75) is 39.4 Å². The summed E-state index contributed by atoms with van der Waals surface area (Å²) in [6.07, 6.45) is 0.330. The Morgan fingerprint density at radius 1 is 1.36 bits per heavy atom. The molecule has 14 heavy (non-hydrogen) atoms. The third-order valence-electron chi connectivity index (χ3n) is 1.64. The van der Waals surface area contributed by atoms with Crippen LogP contribution in [-0.4, -0.2) is 22.3 Å². The van der Waals surface area contributed by atoms with Crippen molar-refractivity contribution in [3.05, 3.63) is 23.9 Å². The molecule has 1 atom stereocenters. The van der Waals surface area contributed by atoms with Gasteiger partial charge in [-0.05, 0) is 26.8 Å². The fraction of sp³-hybridized carbons (Fsp3) is 0.545. The van der Waals surface area contributed by atoms with Gasteiger partial charge in [-0.3, -0.25) is 0 Å². The fourth-order valence-electron chi connectivity index (χ4n) is 1.18. The summed E-state index contributed by atoms with van der Waals surface area (Å²) in [6.45, 7) is 5.67. The molecule has 1 unspecified atom stereocenters. The number of rotatable bonds is 4. The predicted molar refractivity (Wildman–Crippen MR) is 55.4 cm³/mol. The second kappa shape index (κ2) is 4.96. The molecule has 0 aliphatic rings. The minimum atomic E-state index is -0.364. The van der Waals surface area contributed by atoms with E-state index in [0.29, 0.717) is 12.3 Å². The van der Waals surface area contributed by atoms with Gasteiger partial charge in [-0.2, -0.15) is 0 Å². The molecular formula is C11H17NO2. The molecule has 1 rings (SSSR count). The number of nitrogens with zero attached hydrogens (tertiary/aromatic N) is 1. The van der Waals surface area contributed by atoms with E-state index in [0.717, 1.165) is 5.69 Å². The van der Waals surface area contributed by atoms with E-state index in [1.54, 1.807) is 6.92 Å². The van der Waals surface area contributed by atoms with Crippen LogP contribution in [0.3, 0.4) is 0 Å². The van der Waals surface area contributed by atoms with Crippen molar-refractivity contribution >= 4 is 0 Å². The molecule has 0 fully saturated rings. The largest absolute Gasteiger partial charge is 0.475 e. The maximum atomic E-state index is 9.20. The monoisotopic (exact) mass is 195 g/mol. The van der Waals surface area contributed by atoms with Crippen molar-refractivity contribution < 1.29 is 9.84 Å². The molecule has 1 aromatic heterocycles. The summed E-state index contributed by atoms with van der Waals surface area (Å²) >= 11 is 0. The first-order chi connectivity index (χ1) is 6.58. The van der Waals surface area contributed by atoms with Crippen molar-refractivity contribution in [1.82, 2.24) is 4.98 Å². The molecule has 1 N–H and O–H groups in total. The van der Waals surface area contributed by atoms with E-state index in [9.17, 15) is 5.11 Å². The van der Waals surface area contributed by atoms with Gasteiger partial charge in [-0.15, -0.1) is 0 Å². The minimum Gasteiger partial charge on any atom is -0.475 e. The van der Waals surface area contributed by atoms with E-state index in [2.05, 4.69) is 4.98 Å². The van der Waals surface area contributed by atoms with Gasteiger partial charge in [0, 0.05) is 18.2 Å². The zero-order chi connectivity index (χ0) is 10.6. The smallest absolute Gasteiger partial charge is 0.213 e. The van der Waals surface area contributed by atoms with Crippen LogP contribution in [0.15, 0.2) is 18.2 Å². The Labute approximate surface area is 84.7 Å². The lowest BCUT2D eigenvalue weighted by Crippen LogP contribution is -2.09. The number of pyridine rings is 1. The lowest BCUT2D eigenvalue weighted by Gasteiger charge is -2.10. The van der Waals surface area contributed by atoms with E-state index in [4.69, 9.17) is 4.74 Å². The van der Waals surface area contributed by atoms with Crippen LogP contribution in [0, 0.1) is 0 Å². The van der Waals surface area contributed by atoms with Crippen LogP contribution < -0.4 is 4.74 Å². The van der Waals surface area contributed by atoms with Crippen molar-refractivity contribution in [2.24, 2.45) is 0 Å². The summed E-state index contributed by atoms with van der Waals surface area (Å²) in [7, 11) is 0. The molecule has 0 amide bonds. The van der Waals surface area contributed by atoms with Gasteiger partial charge in [0.15, 0.2) is 0 Å². The van der Waals surface area contributed by atoms with Crippen LogP contribution in [0.5, 0.6) is 5.88 Å². The first-order valence-electron chi connectivity index (χ1n) is 4.88. The average Bonchev–Trinajstić information content (AvgIpc) is 2.01.